The predicted molar refractivity (Wildman–Crippen MR) is 96.0 cm³/mol. The molecule has 2 aromatic rings. The van der Waals surface area contributed by atoms with Crippen LogP contribution in [0.5, 0.6) is 5.75 Å². The van der Waals surface area contributed by atoms with Gasteiger partial charge in [0, 0.05) is 38.6 Å². The zero-order valence-electron chi connectivity index (χ0n) is 15.0. The fraction of sp³-hybridized carbons (Fsp3) is 0.368. The van der Waals surface area contributed by atoms with E-state index < -0.39 is 0 Å². The second-order valence-corrected chi connectivity index (χ2v) is 6.24. The van der Waals surface area contributed by atoms with Crippen LogP contribution in [0.2, 0.25) is 0 Å². The van der Waals surface area contributed by atoms with Crippen LogP contribution in [0.1, 0.15) is 21.6 Å². The third-order valence-corrected chi connectivity index (χ3v) is 4.52. The molecule has 3 rings (SSSR count). The first-order valence-corrected chi connectivity index (χ1v) is 8.55. The van der Waals surface area contributed by atoms with Crippen molar-refractivity contribution in [1.82, 2.24) is 19.8 Å². The number of hydrogen-bond donors (Lipinski definition) is 0. The third-order valence-electron chi connectivity index (χ3n) is 4.52. The number of hydrogen-bond acceptors (Lipinski definition) is 5. The molecule has 1 aromatic carbocycles. The minimum Gasteiger partial charge on any atom is -0.496 e. The Kier molecular flexibility index (Phi) is 5.46. The summed E-state index contributed by atoms with van der Waals surface area (Å²) >= 11 is 0. The molecule has 0 atom stereocenters. The molecule has 136 valence electrons. The highest BCUT2D eigenvalue weighted by molar-refractivity contribution is 5.92. The van der Waals surface area contributed by atoms with Crippen molar-refractivity contribution in [2.24, 2.45) is 0 Å². The highest BCUT2D eigenvalue weighted by Gasteiger charge is 2.25. The van der Waals surface area contributed by atoms with Gasteiger partial charge in [0.25, 0.3) is 5.91 Å². The van der Waals surface area contributed by atoms with Crippen LogP contribution in [-0.2, 0) is 11.2 Å². The second kappa shape index (κ2) is 7.95. The number of carbonyl (C=O) groups is 2. The lowest BCUT2D eigenvalue weighted by atomic mass is 10.1. The molecule has 0 unspecified atom stereocenters. The number of carbonyl (C=O) groups excluding carboxylic acids is 2. The number of amides is 2. The molecule has 0 saturated carbocycles. The lowest BCUT2D eigenvalue weighted by molar-refractivity contribution is -0.131. The average Bonchev–Trinajstić information content (AvgIpc) is 2.68. The number of piperazine rings is 1. The summed E-state index contributed by atoms with van der Waals surface area (Å²) < 4.78 is 5.25. The zero-order valence-corrected chi connectivity index (χ0v) is 15.0. The van der Waals surface area contributed by atoms with Gasteiger partial charge in [0.2, 0.25) is 5.91 Å². The average molecular weight is 354 g/mol. The lowest BCUT2D eigenvalue weighted by Crippen LogP contribution is -2.51. The van der Waals surface area contributed by atoms with E-state index in [2.05, 4.69) is 9.97 Å². The molecule has 7 heteroatoms. The molecular weight excluding hydrogens is 332 g/mol. The van der Waals surface area contributed by atoms with Crippen molar-refractivity contribution in [3.63, 3.8) is 0 Å². The lowest BCUT2D eigenvalue weighted by Gasteiger charge is -2.34. The van der Waals surface area contributed by atoms with E-state index in [9.17, 15) is 9.59 Å². The fourth-order valence-corrected chi connectivity index (χ4v) is 3.07. The molecule has 2 heterocycles. The monoisotopic (exact) mass is 354 g/mol. The van der Waals surface area contributed by atoms with E-state index in [1.165, 1.54) is 18.6 Å². The number of methoxy groups -OCH3 is 1. The highest BCUT2D eigenvalue weighted by Crippen LogP contribution is 2.19. The molecule has 0 radical (unpaired) electrons. The van der Waals surface area contributed by atoms with Crippen molar-refractivity contribution in [3.8, 4) is 5.75 Å². The maximum Gasteiger partial charge on any atom is 0.274 e. The van der Waals surface area contributed by atoms with Gasteiger partial charge in [-0.3, -0.25) is 14.6 Å². The predicted octanol–water partition coefficient (Wildman–Crippen LogP) is 1.32. The Hall–Kier alpha value is -2.96. The van der Waals surface area contributed by atoms with Gasteiger partial charge in [0.1, 0.15) is 11.4 Å². The van der Waals surface area contributed by atoms with Crippen molar-refractivity contribution >= 4 is 11.8 Å². The Morgan fingerprint density at radius 1 is 1.12 bits per heavy atom. The third kappa shape index (κ3) is 3.99. The van der Waals surface area contributed by atoms with Crippen molar-refractivity contribution in [3.05, 3.63) is 53.6 Å². The maximum atomic E-state index is 12.5. The fourth-order valence-electron chi connectivity index (χ4n) is 3.07. The maximum absolute atomic E-state index is 12.5. The van der Waals surface area contributed by atoms with E-state index in [-0.39, 0.29) is 11.8 Å². The molecular formula is C19H22N4O3. The van der Waals surface area contributed by atoms with Crippen molar-refractivity contribution in [2.45, 2.75) is 13.3 Å². The van der Waals surface area contributed by atoms with Crippen LogP contribution in [0, 0.1) is 6.92 Å². The standard InChI is InChI=1S/C19H22N4O3/c1-14-11-15(3-4-17(14)26-2)12-18(24)22-7-9-23(10-8-22)19(25)16-13-20-5-6-21-16/h3-6,11,13H,7-10,12H2,1-2H3. The Morgan fingerprint density at radius 3 is 2.46 bits per heavy atom. The SMILES string of the molecule is COc1ccc(CC(=O)N2CCN(C(=O)c3cnccn3)CC2)cc1C. The largest absolute Gasteiger partial charge is 0.496 e. The first-order valence-electron chi connectivity index (χ1n) is 8.55. The van der Waals surface area contributed by atoms with Gasteiger partial charge in [-0.05, 0) is 24.1 Å². The normalized spacial score (nSPS) is 14.2. The molecule has 0 spiro atoms. The number of ether oxygens (including phenoxy) is 1. The van der Waals surface area contributed by atoms with Crippen molar-refractivity contribution in [1.29, 1.82) is 0 Å². The van der Waals surface area contributed by atoms with Gasteiger partial charge in [0.15, 0.2) is 0 Å². The van der Waals surface area contributed by atoms with Crippen LogP contribution >= 0.6 is 0 Å². The Labute approximate surface area is 152 Å². The summed E-state index contributed by atoms with van der Waals surface area (Å²) in [5.74, 6) is 0.745. The molecule has 1 aromatic heterocycles. The van der Waals surface area contributed by atoms with E-state index in [4.69, 9.17) is 4.74 Å². The van der Waals surface area contributed by atoms with Crippen LogP contribution < -0.4 is 4.74 Å². The van der Waals surface area contributed by atoms with Gasteiger partial charge in [-0.1, -0.05) is 12.1 Å². The van der Waals surface area contributed by atoms with Gasteiger partial charge in [-0.2, -0.15) is 0 Å². The van der Waals surface area contributed by atoms with Crippen molar-refractivity contribution in [2.75, 3.05) is 33.3 Å². The van der Waals surface area contributed by atoms with Gasteiger partial charge >= 0.3 is 0 Å². The summed E-state index contributed by atoms with van der Waals surface area (Å²) in [5.41, 5.74) is 2.31. The number of nitrogens with zero attached hydrogens (tertiary/aromatic N) is 4. The molecule has 0 bridgehead atoms. The number of rotatable bonds is 4. The van der Waals surface area contributed by atoms with E-state index in [0.29, 0.717) is 38.3 Å². The number of benzene rings is 1. The molecule has 0 N–H and O–H groups in total. The van der Waals surface area contributed by atoms with E-state index >= 15 is 0 Å². The summed E-state index contributed by atoms with van der Waals surface area (Å²) in [6.45, 7) is 4.02. The molecule has 26 heavy (non-hydrogen) atoms. The summed E-state index contributed by atoms with van der Waals surface area (Å²) in [4.78, 5) is 36.4. The molecule has 1 aliphatic heterocycles. The molecule has 1 fully saturated rings. The first kappa shape index (κ1) is 17.8. The first-order chi connectivity index (χ1) is 12.6. The van der Waals surface area contributed by atoms with Crippen LogP contribution in [0.3, 0.4) is 0 Å². The zero-order chi connectivity index (χ0) is 18.5. The Morgan fingerprint density at radius 2 is 1.85 bits per heavy atom. The molecule has 2 amide bonds. The minimum absolute atomic E-state index is 0.0705. The summed E-state index contributed by atoms with van der Waals surface area (Å²) in [7, 11) is 1.63. The van der Waals surface area contributed by atoms with Gasteiger partial charge in [-0.15, -0.1) is 0 Å². The molecule has 7 nitrogen and oxygen atoms in total. The minimum atomic E-state index is -0.143. The molecule has 1 saturated heterocycles. The van der Waals surface area contributed by atoms with Crippen LogP contribution in [0.25, 0.3) is 0 Å². The summed E-state index contributed by atoms with van der Waals surface area (Å²) in [6.07, 6.45) is 4.85. The molecule has 1 aliphatic rings. The molecule has 0 aliphatic carbocycles. The number of aryl methyl sites for hydroxylation is 1. The van der Waals surface area contributed by atoms with E-state index in [1.807, 2.05) is 25.1 Å². The topological polar surface area (TPSA) is 75.6 Å². The van der Waals surface area contributed by atoms with Gasteiger partial charge in [-0.25, -0.2) is 4.98 Å². The van der Waals surface area contributed by atoms with E-state index in [0.717, 1.165) is 16.9 Å². The van der Waals surface area contributed by atoms with Crippen LogP contribution in [0.4, 0.5) is 0 Å². The van der Waals surface area contributed by atoms with Crippen LogP contribution in [-0.4, -0.2) is 64.9 Å². The Bertz CT molecular complexity index is 787. The highest BCUT2D eigenvalue weighted by atomic mass is 16.5. The van der Waals surface area contributed by atoms with E-state index in [1.54, 1.807) is 16.9 Å². The number of aromatic nitrogens is 2. The quantitative estimate of drug-likeness (QED) is 0.828. The second-order valence-electron chi connectivity index (χ2n) is 6.24. The van der Waals surface area contributed by atoms with Gasteiger partial charge in [0.05, 0.1) is 19.7 Å². The Balaban J connectivity index is 1.55. The van der Waals surface area contributed by atoms with Gasteiger partial charge < -0.3 is 14.5 Å². The van der Waals surface area contributed by atoms with Crippen molar-refractivity contribution < 1.29 is 14.3 Å². The summed E-state index contributed by atoms with van der Waals surface area (Å²) in [6, 6.07) is 5.78. The summed E-state index contributed by atoms with van der Waals surface area (Å²) in [5, 5.41) is 0. The smallest absolute Gasteiger partial charge is 0.274 e. The van der Waals surface area contributed by atoms with Crippen LogP contribution in [0.15, 0.2) is 36.8 Å².